The number of nitrogens with zero attached hydrogens (tertiary/aromatic N) is 2. The quantitative estimate of drug-likeness (QED) is 0.274. The standard InChI is InChI=1S/C24H19N3O6/c1-13-8-14(2)10-17(9-13)26-23(29)20(22(28)25-24(26)30)12-18-5-7-21(33-18)19-6-4-16(27(31)32)11-15(19)3/h4-12H,1-3H3,(H,25,28,30)/b20-12+. The number of amides is 4. The van der Waals surface area contributed by atoms with Crippen LogP contribution in [0.2, 0.25) is 0 Å². The molecular formula is C24H19N3O6. The average Bonchev–Trinajstić information content (AvgIpc) is 3.18. The highest BCUT2D eigenvalue weighted by Gasteiger charge is 2.37. The number of nitro benzene ring substituents is 1. The van der Waals surface area contributed by atoms with Gasteiger partial charge in [-0.3, -0.25) is 25.0 Å². The third-order valence-electron chi connectivity index (χ3n) is 5.17. The van der Waals surface area contributed by atoms with Crippen LogP contribution in [0.5, 0.6) is 0 Å². The highest BCUT2D eigenvalue weighted by molar-refractivity contribution is 6.39. The van der Waals surface area contributed by atoms with E-state index in [1.165, 1.54) is 18.2 Å². The second kappa shape index (κ2) is 8.19. The molecule has 1 aliphatic heterocycles. The van der Waals surface area contributed by atoms with E-state index in [2.05, 4.69) is 5.32 Å². The third-order valence-corrected chi connectivity index (χ3v) is 5.17. The summed E-state index contributed by atoms with van der Waals surface area (Å²) in [6, 6.07) is 12.0. The molecule has 0 bridgehead atoms. The highest BCUT2D eigenvalue weighted by atomic mass is 16.6. The topological polar surface area (TPSA) is 123 Å². The summed E-state index contributed by atoms with van der Waals surface area (Å²) < 4.78 is 5.77. The van der Waals surface area contributed by atoms with Crippen LogP contribution in [0.4, 0.5) is 16.2 Å². The molecule has 1 saturated heterocycles. The van der Waals surface area contributed by atoms with E-state index in [4.69, 9.17) is 4.42 Å². The molecule has 0 unspecified atom stereocenters. The lowest BCUT2D eigenvalue weighted by atomic mass is 10.1. The van der Waals surface area contributed by atoms with E-state index in [1.807, 2.05) is 19.9 Å². The monoisotopic (exact) mass is 445 g/mol. The SMILES string of the molecule is Cc1cc(C)cc(N2C(=O)NC(=O)/C(=C\c3ccc(-c4ccc([N+](=O)[O-])cc4C)o3)C2=O)c1. The average molecular weight is 445 g/mol. The molecular weight excluding hydrogens is 426 g/mol. The van der Waals surface area contributed by atoms with Crippen LogP contribution in [0.3, 0.4) is 0 Å². The molecule has 3 aromatic rings. The Hall–Kier alpha value is -4.53. The second-order valence-electron chi connectivity index (χ2n) is 7.76. The molecule has 4 amide bonds. The fraction of sp³-hybridized carbons (Fsp3) is 0.125. The summed E-state index contributed by atoms with van der Waals surface area (Å²) in [4.78, 5) is 49.3. The van der Waals surface area contributed by atoms with Crippen molar-refractivity contribution in [3.8, 4) is 11.3 Å². The van der Waals surface area contributed by atoms with E-state index in [0.29, 0.717) is 22.6 Å². The van der Waals surface area contributed by atoms with E-state index >= 15 is 0 Å². The Morgan fingerprint density at radius 2 is 1.67 bits per heavy atom. The number of carbonyl (C=O) groups excluding carboxylic acids is 3. The molecule has 1 fully saturated rings. The van der Waals surface area contributed by atoms with Crippen LogP contribution in [0, 0.1) is 30.9 Å². The zero-order chi connectivity index (χ0) is 23.9. The first-order valence-electron chi connectivity index (χ1n) is 9.99. The Labute approximate surface area is 188 Å². The Bertz CT molecular complexity index is 1350. The van der Waals surface area contributed by atoms with Crippen LogP contribution in [0.25, 0.3) is 17.4 Å². The fourth-order valence-electron chi connectivity index (χ4n) is 3.73. The maximum Gasteiger partial charge on any atom is 0.335 e. The van der Waals surface area contributed by atoms with Crippen LogP contribution in [-0.2, 0) is 9.59 Å². The molecule has 166 valence electrons. The van der Waals surface area contributed by atoms with Crippen LogP contribution in [0.15, 0.2) is 58.5 Å². The Morgan fingerprint density at radius 3 is 2.30 bits per heavy atom. The first kappa shape index (κ1) is 21.7. The van der Waals surface area contributed by atoms with E-state index in [9.17, 15) is 24.5 Å². The van der Waals surface area contributed by atoms with Gasteiger partial charge in [-0.15, -0.1) is 0 Å². The predicted octanol–water partition coefficient (Wildman–Crippen LogP) is 4.45. The zero-order valence-corrected chi connectivity index (χ0v) is 18.0. The van der Waals surface area contributed by atoms with E-state index in [1.54, 1.807) is 37.3 Å². The van der Waals surface area contributed by atoms with Gasteiger partial charge in [0.1, 0.15) is 17.1 Å². The number of nitrogens with one attached hydrogen (secondary N) is 1. The van der Waals surface area contributed by atoms with Crippen molar-refractivity contribution in [3.05, 3.63) is 86.7 Å². The number of rotatable bonds is 4. The van der Waals surface area contributed by atoms with Gasteiger partial charge < -0.3 is 4.42 Å². The van der Waals surface area contributed by atoms with E-state index in [0.717, 1.165) is 16.0 Å². The minimum atomic E-state index is -0.825. The number of benzene rings is 2. The number of non-ortho nitro benzene ring substituents is 1. The number of furan rings is 1. The van der Waals surface area contributed by atoms with E-state index < -0.39 is 22.8 Å². The molecule has 0 aliphatic carbocycles. The summed E-state index contributed by atoms with van der Waals surface area (Å²) >= 11 is 0. The molecule has 1 aromatic heterocycles. The molecule has 4 rings (SSSR count). The van der Waals surface area contributed by atoms with E-state index in [-0.39, 0.29) is 17.0 Å². The highest BCUT2D eigenvalue weighted by Crippen LogP contribution is 2.30. The predicted molar refractivity (Wildman–Crippen MR) is 120 cm³/mol. The van der Waals surface area contributed by atoms with Gasteiger partial charge in [0, 0.05) is 17.7 Å². The van der Waals surface area contributed by atoms with Crippen LogP contribution in [-0.4, -0.2) is 22.8 Å². The fourth-order valence-corrected chi connectivity index (χ4v) is 3.73. The molecule has 33 heavy (non-hydrogen) atoms. The van der Waals surface area contributed by atoms with Gasteiger partial charge in [-0.05, 0) is 73.9 Å². The number of anilines is 1. The van der Waals surface area contributed by atoms with Gasteiger partial charge in [0.15, 0.2) is 0 Å². The third kappa shape index (κ3) is 4.16. The van der Waals surface area contributed by atoms with Gasteiger partial charge in [-0.25, -0.2) is 9.69 Å². The molecule has 2 heterocycles. The number of hydrogen-bond donors (Lipinski definition) is 1. The normalized spacial score (nSPS) is 15.2. The van der Waals surface area contributed by atoms with Crippen molar-refractivity contribution in [2.24, 2.45) is 0 Å². The molecule has 0 spiro atoms. The molecule has 2 aromatic carbocycles. The molecule has 1 aliphatic rings. The van der Waals surface area contributed by atoms with Crippen molar-refractivity contribution in [2.75, 3.05) is 4.90 Å². The smallest absolute Gasteiger partial charge is 0.335 e. The summed E-state index contributed by atoms with van der Waals surface area (Å²) in [7, 11) is 0. The van der Waals surface area contributed by atoms with Crippen LogP contribution < -0.4 is 10.2 Å². The first-order valence-corrected chi connectivity index (χ1v) is 9.99. The lowest BCUT2D eigenvalue weighted by molar-refractivity contribution is -0.384. The van der Waals surface area contributed by atoms with Gasteiger partial charge in [0.2, 0.25) is 0 Å². The molecule has 0 saturated carbocycles. The summed E-state index contributed by atoms with van der Waals surface area (Å²) in [6.07, 6.45) is 1.27. The Morgan fingerprint density at radius 1 is 0.970 bits per heavy atom. The molecule has 0 radical (unpaired) electrons. The van der Waals surface area contributed by atoms with Gasteiger partial charge >= 0.3 is 6.03 Å². The van der Waals surface area contributed by atoms with Crippen molar-refractivity contribution in [2.45, 2.75) is 20.8 Å². The van der Waals surface area contributed by atoms with Crippen LogP contribution in [0.1, 0.15) is 22.5 Å². The second-order valence-corrected chi connectivity index (χ2v) is 7.76. The Kier molecular flexibility index (Phi) is 5.39. The first-order chi connectivity index (χ1) is 15.6. The minimum Gasteiger partial charge on any atom is -0.457 e. The number of barbiturate groups is 1. The summed E-state index contributed by atoms with van der Waals surface area (Å²) in [5.74, 6) is -0.954. The minimum absolute atomic E-state index is 0.0363. The lowest BCUT2D eigenvalue weighted by Gasteiger charge is -2.26. The van der Waals surface area contributed by atoms with Gasteiger partial charge in [-0.2, -0.15) is 0 Å². The number of nitro groups is 1. The summed E-state index contributed by atoms with van der Waals surface area (Å²) in [5.41, 5.74) is 3.06. The lowest BCUT2D eigenvalue weighted by Crippen LogP contribution is -2.54. The Balaban J connectivity index is 1.68. The largest absolute Gasteiger partial charge is 0.457 e. The van der Waals surface area contributed by atoms with Crippen molar-refractivity contribution in [3.63, 3.8) is 0 Å². The number of carbonyl (C=O) groups is 3. The summed E-state index contributed by atoms with van der Waals surface area (Å²) in [6.45, 7) is 5.40. The van der Waals surface area contributed by atoms with Gasteiger partial charge in [0.05, 0.1) is 10.6 Å². The summed E-state index contributed by atoms with van der Waals surface area (Å²) in [5, 5.41) is 13.1. The molecule has 1 N–H and O–H groups in total. The zero-order valence-electron chi connectivity index (χ0n) is 18.0. The molecule has 0 atom stereocenters. The number of aryl methyl sites for hydroxylation is 3. The maximum atomic E-state index is 13.1. The number of hydrogen-bond acceptors (Lipinski definition) is 6. The van der Waals surface area contributed by atoms with Crippen molar-refractivity contribution >= 4 is 35.3 Å². The molecule has 9 nitrogen and oxygen atoms in total. The number of imide groups is 2. The maximum absolute atomic E-state index is 13.1. The van der Waals surface area contributed by atoms with Crippen LogP contribution >= 0.6 is 0 Å². The van der Waals surface area contributed by atoms with Crippen molar-refractivity contribution < 1.29 is 23.7 Å². The molecule has 9 heteroatoms. The van der Waals surface area contributed by atoms with Gasteiger partial charge in [0.25, 0.3) is 17.5 Å². The van der Waals surface area contributed by atoms with Gasteiger partial charge in [-0.1, -0.05) is 6.07 Å². The number of urea groups is 1. The van der Waals surface area contributed by atoms with Crippen molar-refractivity contribution in [1.82, 2.24) is 5.32 Å². The van der Waals surface area contributed by atoms with Crippen molar-refractivity contribution in [1.29, 1.82) is 0 Å².